The summed E-state index contributed by atoms with van der Waals surface area (Å²) in [6.07, 6.45) is 3.73. The molecule has 0 amide bonds. The Morgan fingerprint density at radius 1 is 0.806 bits per heavy atom. The number of nitrogens with zero attached hydrogens (tertiary/aromatic N) is 1. The van der Waals surface area contributed by atoms with Crippen molar-refractivity contribution in [1.82, 2.24) is 4.98 Å². The number of fused-ring (bicyclic) bond motifs is 1. The van der Waals surface area contributed by atoms with E-state index in [1.165, 1.54) is 0 Å². The number of ether oxygens (including phenoxy) is 2. The number of aliphatic carboxylic acids is 1. The van der Waals surface area contributed by atoms with Crippen LogP contribution in [0.4, 0.5) is 0 Å². The molecule has 0 radical (unpaired) electrons. The lowest BCUT2D eigenvalue weighted by Crippen LogP contribution is -2.09. The summed E-state index contributed by atoms with van der Waals surface area (Å²) in [6, 6.07) is 27.1. The lowest BCUT2D eigenvalue weighted by molar-refractivity contribution is -0.139. The minimum Gasteiger partial charge on any atom is -0.487 e. The average Bonchev–Trinajstić information content (AvgIpc) is 2.81. The van der Waals surface area contributed by atoms with E-state index in [0.717, 1.165) is 33.5 Å². The van der Waals surface area contributed by atoms with Crippen molar-refractivity contribution in [3.05, 3.63) is 102 Å². The number of carbonyl (C=O) groups is 1. The zero-order valence-corrected chi connectivity index (χ0v) is 16.8. The van der Waals surface area contributed by atoms with E-state index in [-0.39, 0.29) is 6.61 Å². The van der Waals surface area contributed by atoms with Gasteiger partial charge >= 0.3 is 5.97 Å². The lowest BCUT2D eigenvalue weighted by atomic mass is 10.1. The molecule has 4 rings (SSSR count). The molecule has 0 saturated carbocycles. The van der Waals surface area contributed by atoms with Crippen molar-refractivity contribution in [3.63, 3.8) is 0 Å². The first kappa shape index (κ1) is 20.2. The van der Waals surface area contributed by atoms with Gasteiger partial charge in [-0.15, -0.1) is 0 Å². The molecule has 0 spiro atoms. The molecule has 1 aromatic heterocycles. The molecule has 0 aliphatic heterocycles. The summed E-state index contributed by atoms with van der Waals surface area (Å²) in [5.41, 5.74) is 3.42. The molecule has 4 aromatic rings. The molecule has 0 unspecified atom stereocenters. The van der Waals surface area contributed by atoms with Crippen molar-refractivity contribution in [3.8, 4) is 11.5 Å². The summed E-state index contributed by atoms with van der Waals surface area (Å²) in [5, 5.41) is 9.85. The Kier molecular flexibility index (Phi) is 6.24. The highest BCUT2D eigenvalue weighted by molar-refractivity contribution is 5.86. The number of benzene rings is 3. The molecule has 31 heavy (non-hydrogen) atoms. The summed E-state index contributed by atoms with van der Waals surface area (Å²) in [6.45, 7) is 0.0805. The molecule has 0 fully saturated rings. The van der Waals surface area contributed by atoms with E-state index < -0.39 is 5.97 Å². The van der Waals surface area contributed by atoms with Gasteiger partial charge in [0.25, 0.3) is 0 Å². The molecular formula is C26H21NO4. The number of aromatic nitrogens is 1. The van der Waals surface area contributed by atoms with Gasteiger partial charge in [-0.3, -0.25) is 0 Å². The van der Waals surface area contributed by atoms with Gasteiger partial charge in [0, 0.05) is 10.9 Å². The highest BCUT2D eigenvalue weighted by Crippen LogP contribution is 2.26. The largest absolute Gasteiger partial charge is 0.487 e. The van der Waals surface area contributed by atoms with Crippen molar-refractivity contribution >= 4 is 29.0 Å². The van der Waals surface area contributed by atoms with Crippen LogP contribution in [0.5, 0.6) is 11.5 Å². The van der Waals surface area contributed by atoms with Crippen LogP contribution in [0, 0.1) is 0 Å². The number of hydrogen-bond acceptors (Lipinski definition) is 4. The molecule has 5 heteroatoms. The summed E-state index contributed by atoms with van der Waals surface area (Å²) in [5.74, 6) is 0.216. The van der Waals surface area contributed by atoms with Gasteiger partial charge in [0.15, 0.2) is 6.61 Å². The smallest absolute Gasteiger partial charge is 0.341 e. The monoisotopic (exact) mass is 411 g/mol. The first-order valence-electron chi connectivity index (χ1n) is 9.87. The minimum absolute atomic E-state index is 0.388. The molecule has 5 nitrogen and oxygen atoms in total. The quantitative estimate of drug-likeness (QED) is 0.418. The summed E-state index contributed by atoms with van der Waals surface area (Å²) < 4.78 is 11.4. The third kappa shape index (κ3) is 5.28. The zero-order chi connectivity index (χ0) is 21.5. The van der Waals surface area contributed by atoms with E-state index in [9.17, 15) is 4.79 Å². The van der Waals surface area contributed by atoms with E-state index in [1.54, 1.807) is 12.1 Å². The predicted octanol–water partition coefficient (Wildman–Crippen LogP) is 5.45. The normalized spacial score (nSPS) is 11.0. The van der Waals surface area contributed by atoms with Crippen molar-refractivity contribution < 1.29 is 19.4 Å². The van der Waals surface area contributed by atoms with E-state index in [0.29, 0.717) is 12.4 Å². The Bertz CT molecular complexity index is 1220. The van der Waals surface area contributed by atoms with E-state index >= 15 is 0 Å². The van der Waals surface area contributed by atoms with E-state index in [2.05, 4.69) is 0 Å². The summed E-state index contributed by atoms with van der Waals surface area (Å²) in [4.78, 5) is 15.6. The number of hydrogen-bond donors (Lipinski definition) is 1. The number of rotatable bonds is 8. The van der Waals surface area contributed by atoms with Crippen LogP contribution in [0.15, 0.2) is 84.9 Å². The molecular weight excluding hydrogens is 390 g/mol. The topological polar surface area (TPSA) is 68.7 Å². The fraction of sp³-hybridized carbons (Fsp3) is 0.0769. The maximum atomic E-state index is 10.8. The fourth-order valence-corrected chi connectivity index (χ4v) is 3.14. The molecule has 0 saturated heterocycles. The Morgan fingerprint density at radius 2 is 1.58 bits per heavy atom. The fourth-order valence-electron chi connectivity index (χ4n) is 3.14. The van der Waals surface area contributed by atoms with E-state index in [1.807, 2.05) is 84.9 Å². The maximum Gasteiger partial charge on any atom is 0.341 e. The van der Waals surface area contributed by atoms with E-state index in [4.69, 9.17) is 19.6 Å². The van der Waals surface area contributed by atoms with Crippen LogP contribution in [-0.2, 0) is 11.4 Å². The van der Waals surface area contributed by atoms with Gasteiger partial charge in [0.1, 0.15) is 23.6 Å². The van der Waals surface area contributed by atoms with Gasteiger partial charge in [-0.25, -0.2) is 9.78 Å². The van der Waals surface area contributed by atoms with Gasteiger partial charge < -0.3 is 14.6 Å². The van der Waals surface area contributed by atoms with Crippen molar-refractivity contribution in [2.75, 3.05) is 6.61 Å². The van der Waals surface area contributed by atoms with Crippen LogP contribution in [0.25, 0.3) is 23.1 Å². The van der Waals surface area contributed by atoms with Gasteiger partial charge in [-0.1, -0.05) is 66.7 Å². The second-order valence-electron chi connectivity index (χ2n) is 6.89. The third-order valence-corrected chi connectivity index (χ3v) is 4.65. The standard InChI is InChI=1S/C26H21NO4/c28-25(29)18-31-23-11-5-4-9-20(23)13-15-22-16-14-21-10-6-12-24(26(21)27-22)30-17-19-7-2-1-3-8-19/h1-16H,17-18H2,(H,28,29)/b15-13+. The molecule has 1 N–H and O–H groups in total. The maximum absolute atomic E-state index is 10.8. The molecule has 3 aromatic carbocycles. The highest BCUT2D eigenvalue weighted by Gasteiger charge is 2.06. The van der Waals surface area contributed by atoms with Gasteiger partial charge in [-0.05, 0) is 35.9 Å². The third-order valence-electron chi connectivity index (χ3n) is 4.65. The van der Waals surface area contributed by atoms with Gasteiger partial charge in [0.2, 0.25) is 0 Å². The number of pyridine rings is 1. The molecule has 0 aliphatic carbocycles. The number of carboxylic acid groups (broad SMARTS) is 1. The molecule has 154 valence electrons. The molecule has 0 aliphatic rings. The Hall–Kier alpha value is -4.12. The lowest BCUT2D eigenvalue weighted by Gasteiger charge is -2.09. The number of para-hydroxylation sites is 2. The van der Waals surface area contributed by atoms with Crippen molar-refractivity contribution in [2.24, 2.45) is 0 Å². The Morgan fingerprint density at radius 3 is 2.42 bits per heavy atom. The SMILES string of the molecule is O=C(O)COc1ccccc1/C=C/c1ccc2cccc(OCc3ccccc3)c2n1. The molecule has 0 bridgehead atoms. The second-order valence-corrected chi connectivity index (χ2v) is 6.89. The second kappa shape index (κ2) is 9.59. The summed E-state index contributed by atoms with van der Waals surface area (Å²) >= 11 is 0. The Labute approximate surface area is 180 Å². The minimum atomic E-state index is -1.02. The van der Waals surface area contributed by atoms with Gasteiger partial charge in [0.05, 0.1) is 5.69 Å². The number of carboxylic acids is 1. The van der Waals surface area contributed by atoms with Crippen molar-refractivity contribution in [1.29, 1.82) is 0 Å². The summed E-state index contributed by atoms with van der Waals surface area (Å²) in [7, 11) is 0. The first-order chi connectivity index (χ1) is 15.2. The van der Waals surface area contributed by atoms with Crippen LogP contribution in [0.3, 0.4) is 0 Å². The van der Waals surface area contributed by atoms with Crippen LogP contribution in [0.1, 0.15) is 16.8 Å². The van der Waals surface area contributed by atoms with Crippen molar-refractivity contribution in [2.45, 2.75) is 6.61 Å². The zero-order valence-electron chi connectivity index (χ0n) is 16.8. The van der Waals surface area contributed by atoms with Crippen LogP contribution in [-0.4, -0.2) is 22.7 Å². The van der Waals surface area contributed by atoms with Crippen LogP contribution in [0.2, 0.25) is 0 Å². The first-order valence-corrected chi connectivity index (χ1v) is 9.87. The van der Waals surface area contributed by atoms with Crippen LogP contribution >= 0.6 is 0 Å². The van der Waals surface area contributed by atoms with Crippen LogP contribution < -0.4 is 9.47 Å². The average molecular weight is 411 g/mol. The van der Waals surface area contributed by atoms with Gasteiger partial charge in [-0.2, -0.15) is 0 Å². The molecule has 0 atom stereocenters. The highest BCUT2D eigenvalue weighted by atomic mass is 16.5. The Balaban J connectivity index is 1.57. The molecule has 1 heterocycles. The predicted molar refractivity (Wildman–Crippen MR) is 121 cm³/mol.